The van der Waals surface area contributed by atoms with Gasteiger partial charge < -0.3 is 5.21 Å². The Bertz CT molecular complexity index is 324. The summed E-state index contributed by atoms with van der Waals surface area (Å²) in [4.78, 5) is 3.99. The second kappa shape index (κ2) is 3.49. The van der Waals surface area contributed by atoms with Crippen LogP contribution in [0, 0.1) is 5.41 Å². The lowest BCUT2D eigenvalue weighted by Crippen LogP contribution is -2.27. The molecule has 0 aromatic carbocycles. The first kappa shape index (κ1) is 10.2. The van der Waals surface area contributed by atoms with Crippen molar-refractivity contribution in [3.8, 4) is 0 Å². The minimum absolute atomic E-state index is 0.224. The first-order valence-corrected chi connectivity index (χ1v) is 4.68. The van der Waals surface area contributed by atoms with Crippen molar-refractivity contribution in [3.63, 3.8) is 0 Å². The van der Waals surface area contributed by atoms with E-state index in [9.17, 15) is 0 Å². The molecule has 1 aromatic rings. The zero-order valence-electron chi connectivity index (χ0n) is 7.82. The fourth-order valence-corrected chi connectivity index (χ4v) is 1.41. The third kappa shape index (κ3) is 2.09. The van der Waals surface area contributed by atoms with E-state index in [1.807, 2.05) is 20.8 Å². The Morgan fingerprint density at radius 1 is 1.62 bits per heavy atom. The van der Waals surface area contributed by atoms with E-state index < -0.39 is 0 Å². The fraction of sp³-hybridized carbons (Fsp3) is 0.500. The van der Waals surface area contributed by atoms with Crippen molar-refractivity contribution in [2.24, 2.45) is 10.6 Å². The SMILES string of the molecule is CC(C)(C)C(=NO)n1ccnc1Br. The quantitative estimate of drug-likeness (QED) is 0.330. The molecule has 1 aromatic heterocycles. The molecule has 4 nitrogen and oxygen atoms in total. The minimum Gasteiger partial charge on any atom is -0.409 e. The maximum absolute atomic E-state index is 8.88. The van der Waals surface area contributed by atoms with Crippen molar-refractivity contribution in [2.45, 2.75) is 20.8 Å². The standard InChI is InChI=1S/C8H12BrN3O/c1-8(2,3)6(11-13)12-5-4-10-7(12)9/h4-5,13H,1-3H3. The lowest BCUT2D eigenvalue weighted by atomic mass is 9.95. The molecular formula is C8H12BrN3O. The average molecular weight is 246 g/mol. The van der Waals surface area contributed by atoms with Crippen molar-refractivity contribution in [1.29, 1.82) is 0 Å². The molecule has 0 saturated carbocycles. The van der Waals surface area contributed by atoms with Crippen molar-refractivity contribution in [2.75, 3.05) is 0 Å². The second-order valence-electron chi connectivity index (χ2n) is 3.74. The van der Waals surface area contributed by atoms with Gasteiger partial charge in [-0.2, -0.15) is 0 Å². The first-order valence-electron chi connectivity index (χ1n) is 3.88. The van der Waals surface area contributed by atoms with E-state index in [0.29, 0.717) is 10.6 Å². The first-order chi connectivity index (χ1) is 5.96. The van der Waals surface area contributed by atoms with Gasteiger partial charge in [-0.15, -0.1) is 0 Å². The minimum atomic E-state index is -0.224. The van der Waals surface area contributed by atoms with E-state index >= 15 is 0 Å². The van der Waals surface area contributed by atoms with E-state index in [1.54, 1.807) is 17.0 Å². The smallest absolute Gasteiger partial charge is 0.182 e. The molecule has 0 bridgehead atoms. The van der Waals surface area contributed by atoms with Gasteiger partial charge >= 0.3 is 0 Å². The lowest BCUT2D eigenvalue weighted by molar-refractivity contribution is 0.307. The highest BCUT2D eigenvalue weighted by molar-refractivity contribution is 9.10. The van der Waals surface area contributed by atoms with E-state index in [4.69, 9.17) is 5.21 Å². The molecule has 0 saturated heterocycles. The average Bonchev–Trinajstić information content (AvgIpc) is 2.35. The van der Waals surface area contributed by atoms with Crippen LogP contribution >= 0.6 is 15.9 Å². The third-order valence-corrected chi connectivity index (χ3v) is 2.18. The number of hydrogen-bond acceptors (Lipinski definition) is 3. The third-order valence-electron chi connectivity index (χ3n) is 1.59. The van der Waals surface area contributed by atoms with Crippen molar-refractivity contribution in [1.82, 2.24) is 9.55 Å². The summed E-state index contributed by atoms with van der Waals surface area (Å²) < 4.78 is 2.33. The van der Waals surface area contributed by atoms with Crippen molar-refractivity contribution in [3.05, 3.63) is 17.1 Å². The Hall–Kier alpha value is -0.840. The molecule has 0 atom stereocenters. The molecule has 0 radical (unpaired) electrons. The van der Waals surface area contributed by atoms with Crippen LogP contribution in [0.3, 0.4) is 0 Å². The normalized spacial score (nSPS) is 13.4. The number of oxime groups is 1. The van der Waals surface area contributed by atoms with Crippen LogP contribution in [-0.2, 0) is 0 Å². The van der Waals surface area contributed by atoms with Crippen LogP contribution in [0.1, 0.15) is 20.8 Å². The topological polar surface area (TPSA) is 50.4 Å². The van der Waals surface area contributed by atoms with Crippen molar-refractivity contribution >= 4 is 21.8 Å². The Kier molecular flexibility index (Phi) is 2.75. The zero-order valence-corrected chi connectivity index (χ0v) is 9.41. The van der Waals surface area contributed by atoms with E-state index in [-0.39, 0.29) is 5.41 Å². The molecular weight excluding hydrogens is 234 g/mol. The molecule has 72 valence electrons. The summed E-state index contributed by atoms with van der Waals surface area (Å²) in [6, 6.07) is 0. The van der Waals surface area contributed by atoms with Gasteiger partial charge in [0.2, 0.25) is 0 Å². The molecule has 0 fully saturated rings. The van der Waals surface area contributed by atoms with Crippen LogP contribution in [0.5, 0.6) is 0 Å². The van der Waals surface area contributed by atoms with Gasteiger partial charge in [0.25, 0.3) is 0 Å². The lowest BCUT2D eigenvalue weighted by Gasteiger charge is -2.20. The summed E-state index contributed by atoms with van der Waals surface area (Å²) in [6.07, 6.45) is 3.38. The predicted octanol–water partition coefficient (Wildman–Crippen LogP) is 2.33. The fourth-order valence-electron chi connectivity index (χ4n) is 1.00. The summed E-state index contributed by atoms with van der Waals surface area (Å²) >= 11 is 3.26. The summed E-state index contributed by atoms with van der Waals surface area (Å²) in [7, 11) is 0. The van der Waals surface area contributed by atoms with Crippen LogP contribution in [0.4, 0.5) is 0 Å². The number of imidazole rings is 1. The number of rotatable bonds is 0. The number of halogens is 1. The molecule has 1 rings (SSSR count). The van der Waals surface area contributed by atoms with Gasteiger partial charge in [-0.1, -0.05) is 25.9 Å². The Morgan fingerprint density at radius 2 is 2.23 bits per heavy atom. The van der Waals surface area contributed by atoms with E-state index in [0.717, 1.165) is 0 Å². The van der Waals surface area contributed by atoms with Gasteiger partial charge in [0.15, 0.2) is 10.6 Å². The molecule has 0 aliphatic rings. The van der Waals surface area contributed by atoms with E-state index in [1.165, 1.54) is 0 Å². The molecule has 1 heterocycles. The summed E-state index contributed by atoms with van der Waals surface area (Å²) in [5.41, 5.74) is -0.224. The highest BCUT2D eigenvalue weighted by Crippen LogP contribution is 2.20. The van der Waals surface area contributed by atoms with Crippen LogP contribution in [0.15, 0.2) is 22.3 Å². The van der Waals surface area contributed by atoms with Crippen LogP contribution in [-0.4, -0.2) is 20.6 Å². The van der Waals surface area contributed by atoms with Crippen LogP contribution in [0.25, 0.3) is 0 Å². The van der Waals surface area contributed by atoms with Gasteiger partial charge in [-0.05, 0) is 15.9 Å². The van der Waals surface area contributed by atoms with Crippen molar-refractivity contribution < 1.29 is 5.21 Å². The molecule has 5 heteroatoms. The summed E-state index contributed by atoms with van der Waals surface area (Å²) in [6.45, 7) is 5.90. The second-order valence-corrected chi connectivity index (χ2v) is 4.45. The van der Waals surface area contributed by atoms with Gasteiger partial charge in [0, 0.05) is 17.8 Å². The van der Waals surface area contributed by atoms with Crippen LogP contribution < -0.4 is 0 Å². The Balaban J connectivity index is 3.14. The molecule has 0 spiro atoms. The monoisotopic (exact) mass is 245 g/mol. The van der Waals surface area contributed by atoms with Gasteiger partial charge in [-0.3, -0.25) is 4.57 Å². The van der Waals surface area contributed by atoms with Gasteiger partial charge in [-0.25, -0.2) is 4.98 Å². The molecule has 0 aliphatic heterocycles. The Labute approximate surface area is 85.4 Å². The highest BCUT2D eigenvalue weighted by atomic mass is 79.9. The highest BCUT2D eigenvalue weighted by Gasteiger charge is 2.22. The number of nitrogens with zero attached hydrogens (tertiary/aromatic N) is 3. The van der Waals surface area contributed by atoms with Crippen LogP contribution in [0.2, 0.25) is 0 Å². The maximum Gasteiger partial charge on any atom is 0.182 e. The summed E-state index contributed by atoms with van der Waals surface area (Å²) in [5.74, 6) is 0.553. The predicted molar refractivity (Wildman–Crippen MR) is 54.0 cm³/mol. The van der Waals surface area contributed by atoms with E-state index in [2.05, 4.69) is 26.1 Å². The number of hydrogen-bond donors (Lipinski definition) is 1. The Morgan fingerprint density at radius 3 is 2.54 bits per heavy atom. The zero-order chi connectivity index (χ0) is 10.1. The largest absolute Gasteiger partial charge is 0.409 e. The molecule has 13 heavy (non-hydrogen) atoms. The molecule has 0 unspecified atom stereocenters. The van der Waals surface area contributed by atoms with Gasteiger partial charge in [0.05, 0.1) is 0 Å². The molecule has 0 amide bonds. The molecule has 1 N–H and O–H groups in total. The number of aromatic nitrogens is 2. The van der Waals surface area contributed by atoms with Gasteiger partial charge in [0.1, 0.15) is 0 Å². The summed E-state index contributed by atoms with van der Waals surface area (Å²) in [5, 5.41) is 12.1. The molecule has 0 aliphatic carbocycles. The maximum atomic E-state index is 8.88.